The second-order valence-corrected chi connectivity index (χ2v) is 16.2. The molecule has 5 heteroatoms. The van der Waals surface area contributed by atoms with Crippen LogP contribution in [0.3, 0.4) is 0 Å². The highest BCUT2D eigenvalue weighted by atomic mass is 15.0. The number of pyridine rings is 1. The standard InChI is InChI=1S/C57H35N5/c1-2-15-36(16-3-1)54-59-55(61-56(60-54)41-20-13-18-39(34-41)50-28-10-11-32-58-50)40-19-12-17-37(33-40)38-30-31-48-52(35-38)62-51-29-9-6-23-44(51)45-24-14-27-49(53(45)62)57(48)46-25-7-4-21-42(46)43-22-5-8-26-47(43)57/h1-35H. The average Bonchev–Trinajstić information content (AvgIpc) is 3.85. The third-order valence-corrected chi connectivity index (χ3v) is 12.9. The number of para-hydroxylation sites is 2. The van der Waals surface area contributed by atoms with Crippen LogP contribution in [0.5, 0.6) is 0 Å². The van der Waals surface area contributed by atoms with Gasteiger partial charge in [-0.1, -0.05) is 170 Å². The molecule has 0 unspecified atom stereocenters. The largest absolute Gasteiger partial charge is 0.309 e. The molecule has 5 nitrogen and oxygen atoms in total. The maximum absolute atomic E-state index is 5.16. The van der Waals surface area contributed by atoms with Crippen molar-refractivity contribution in [1.82, 2.24) is 24.5 Å². The zero-order valence-corrected chi connectivity index (χ0v) is 33.4. The van der Waals surface area contributed by atoms with E-state index in [0.717, 1.165) is 39.1 Å². The lowest BCUT2D eigenvalue weighted by Gasteiger charge is -2.39. The van der Waals surface area contributed by atoms with Crippen molar-refractivity contribution in [2.45, 2.75) is 5.41 Å². The van der Waals surface area contributed by atoms with E-state index in [1.165, 1.54) is 60.9 Å². The van der Waals surface area contributed by atoms with Crippen molar-refractivity contribution in [3.63, 3.8) is 0 Å². The highest BCUT2D eigenvalue weighted by Gasteiger charge is 2.50. The maximum Gasteiger partial charge on any atom is 0.164 e. The molecule has 0 amide bonds. The minimum absolute atomic E-state index is 0.490. The molecule has 1 aliphatic carbocycles. The van der Waals surface area contributed by atoms with Crippen LogP contribution in [-0.4, -0.2) is 24.5 Å². The number of aromatic nitrogens is 5. The van der Waals surface area contributed by atoms with Crippen LogP contribution in [-0.2, 0) is 5.41 Å². The Kier molecular flexibility index (Phi) is 7.45. The summed E-state index contributed by atoms with van der Waals surface area (Å²) in [6, 6.07) is 73.8. The summed E-state index contributed by atoms with van der Waals surface area (Å²) in [4.78, 5) is 19.9. The van der Waals surface area contributed by atoms with Crippen molar-refractivity contribution >= 4 is 21.8 Å². The Morgan fingerprint density at radius 2 is 0.903 bits per heavy atom. The highest BCUT2D eigenvalue weighted by Crippen LogP contribution is 2.61. The summed E-state index contributed by atoms with van der Waals surface area (Å²) in [5.74, 6) is 1.84. The third kappa shape index (κ3) is 4.96. The Bertz CT molecular complexity index is 3540. The van der Waals surface area contributed by atoms with Crippen molar-refractivity contribution in [2.24, 2.45) is 0 Å². The van der Waals surface area contributed by atoms with Crippen molar-refractivity contribution < 1.29 is 0 Å². The first-order valence-corrected chi connectivity index (χ1v) is 21.1. The lowest BCUT2D eigenvalue weighted by atomic mass is 9.65. The van der Waals surface area contributed by atoms with E-state index in [1.54, 1.807) is 0 Å². The normalized spacial score (nSPS) is 13.0. The Labute approximate surface area is 358 Å². The van der Waals surface area contributed by atoms with E-state index >= 15 is 0 Å². The van der Waals surface area contributed by atoms with Gasteiger partial charge in [0.15, 0.2) is 17.5 Å². The molecule has 2 aliphatic rings. The number of hydrogen-bond acceptors (Lipinski definition) is 4. The van der Waals surface area contributed by atoms with Crippen molar-refractivity contribution in [3.05, 3.63) is 235 Å². The van der Waals surface area contributed by atoms with E-state index < -0.39 is 5.41 Å². The number of benzene rings is 8. The molecule has 0 radical (unpaired) electrons. The SMILES string of the molecule is c1ccc(-c2nc(-c3cccc(-c4ccc5c(c4)-n4c6ccccc6c6cccc(c64)C54c5ccccc5-c5ccccc54)c3)nc(-c3cccc(-c4ccccn4)c3)n2)cc1. The van der Waals surface area contributed by atoms with Crippen LogP contribution in [0.2, 0.25) is 0 Å². The number of fused-ring (bicyclic) bond motifs is 12. The molecule has 3 aromatic heterocycles. The van der Waals surface area contributed by atoms with Gasteiger partial charge in [-0.05, 0) is 80.9 Å². The van der Waals surface area contributed by atoms with Crippen LogP contribution in [0.1, 0.15) is 22.3 Å². The molecule has 0 N–H and O–H groups in total. The predicted molar refractivity (Wildman–Crippen MR) is 250 cm³/mol. The van der Waals surface area contributed by atoms with E-state index in [0.29, 0.717) is 17.5 Å². The molecule has 62 heavy (non-hydrogen) atoms. The molecular formula is C57H35N5. The summed E-state index contributed by atoms with van der Waals surface area (Å²) in [6.07, 6.45) is 1.82. The molecule has 4 heterocycles. The lowest BCUT2D eigenvalue weighted by molar-refractivity contribution is 0.748. The summed E-state index contributed by atoms with van der Waals surface area (Å²) in [5.41, 5.74) is 17.8. The van der Waals surface area contributed by atoms with Gasteiger partial charge >= 0.3 is 0 Å². The summed E-state index contributed by atoms with van der Waals surface area (Å²) < 4.78 is 2.51. The van der Waals surface area contributed by atoms with Crippen LogP contribution in [0.4, 0.5) is 0 Å². The van der Waals surface area contributed by atoms with Gasteiger partial charge in [0.2, 0.25) is 0 Å². The molecular weight excluding hydrogens is 755 g/mol. The quantitative estimate of drug-likeness (QED) is 0.174. The summed E-state index contributed by atoms with van der Waals surface area (Å²) >= 11 is 0. The van der Waals surface area contributed by atoms with E-state index in [2.05, 4.69) is 161 Å². The molecule has 1 aliphatic heterocycles. The first-order valence-electron chi connectivity index (χ1n) is 21.1. The van der Waals surface area contributed by atoms with Crippen molar-refractivity contribution in [3.8, 4) is 73.4 Å². The maximum atomic E-state index is 5.16. The molecule has 0 saturated carbocycles. The Hall–Kier alpha value is -8.28. The monoisotopic (exact) mass is 789 g/mol. The first kappa shape index (κ1) is 34.6. The van der Waals surface area contributed by atoms with Gasteiger partial charge in [0, 0.05) is 39.2 Å². The molecule has 0 saturated heterocycles. The fourth-order valence-electron chi connectivity index (χ4n) is 10.3. The zero-order chi connectivity index (χ0) is 40.8. The first-order chi connectivity index (χ1) is 30.7. The van der Waals surface area contributed by atoms with Gasteiger partial charge in [0.1, 0.15) is 0 Å². The number of rotatable bonds is 5. The highest BCUT2D eigenvalue weighted by molar-refractivity contribution is 6.13. The fraction of sp³-hybridized carbons (Fsp3) is 0.0175. The van der Waals surface area contributed by atoms with Gasteiger partial charge in [-0.25, -0.2) is 15.0 Å². The summed E-state index contributed by atoms with van der Waals surface area (Å²) in [5, 5.41) is 2.52. The molecule has 0 atom stereocenters. The van der Waals surface area contributed by atoms with Gasteiger partial charge in [-0.2, -0.15) is 0 Å². The summed E-state index contributed by atoms with van der Waals surface area (Å²) in [7, 11) is 0. The fourth-order valence-corrected chi connectivity index (χ4v) is 10.3. The Balaban J connectivity index is 1.01. The molecule has 288 valence electrons. The van der Waals surface area contributed by atoms with Gasteiger partial charge in [0.25, 0.3) is 0 Å². The molecule has 1 spiro atoms. The van der Waals surface area contributed by atoms with Gasteiger partial charge in [-0.3, -0.25) is 4.98 Å². The van der Waals surface area contributed by atoms with Crippen molar-refractivity contribution in [1.29, 1.82) is 0 Å². The third-order valence-electron chi connectivity index (χ3n) is 12.9. The van der Waals surface area contributed by atoms with E-state index in [4.69, 9.17) is 15.0 Å². The van der Waals surface area contributed by atoms with E-state index in [9.17, 15) is 0 Å². The second kappa shape index (κ2) is 13.4. The molecule has 0 fully saturated rings. The van der Waals surface area contributed by atoms with Crippen LogP contribution < -0.4 is 0 Å². The van der Waals surface area contributed by atoms with Gasteiger partial charge in [-0.15, -0.1) is 0 Å². The molecule has 13 rings (SSSR count). The summed E-state index contributed by atoms with van der Waals surface area (Å²) in [6.45, 7) is 0. The van der Waals surface area contributed by atoms with Gasteiger partial charge < -0.3 is 4.57 Å². The van der Waals surface area contributed by atoms with Crippen LogP contribution >= 0.6 is 0 Å². The zero-order valence-electron chi connectivity index (χ0n) is 33.4. The molecule has 8 aromatic carbocycles. The lowest BCUT2D eigenvalue weighted by Crippen LogP contribution is -2.33. The Morgan fingerprint density at radius 1 is 0.355 bits per heavy atom. The predicted octanol–water partition coefficient (Wildman–Crippen LogP) is 13.4. The van der Waals surface area contributed by atoms with Crippen molar-refractivity contribution in [2.75, 3.05) is 0 Å². The second-order valence-electron chi connectivity index (χ2n) is 16.2. The minimum atomic E-state index is -0.490. The van der Waals surface area contributed by atoms with Crippen LogP contribution in [0, 0.1) is 0 Å². The Morgan fingerprint density at radius 3 is 1.65 bits per heavy atom. The van der Waals surface area contributed by atoms with Crippen LogP contribution in [0.15, 0.2) is 212 Å². The van der Waals surface area contributed by atoms with E-state index in [-0.39, 0.29) is 0 Å². The van der Waals surface area contributed by atoms with Crippen LogP contribution in [0.25, 0.3) is 95.2 Å². The minimum Gasteiger partial charge on any atom is -0.309 e. The smallest absolute Gasteiger partial charge is 0.164 e. The molecule has 0 bridgehead atoms. The topological polar surface area (TPSA) is 56.5 Å². The average molecular weight is 790 g/mol. The van der Waals surface area contributed by atoms with Gasteiger partial charge in [0.05, 0.1) is 27.8 Å². The number of hydrogen-bond donors (Lipinski definition) is 0. The van der Waals surface area contributed by atoms with E-state index in [1.807, 2.05) is 60.8 Å². The number of nitrogens with zero attached hydrogens (tertiary/aromatic N) is 5. The molecule has 11 aromatic rings.